The van der Waals surface area contributed by atoms with Crippen LogP contribution >= 0.6 is 11.3 Å². The Labute approximate surface area is 99.8 Å². The van der Waals surface area contributed by atoms with E-state index in [9.17, 15) is 9.59 Å². The Bertz CT molecular complexity index is 658. The van der Waals surface area contributed by atoms with Crippen molar-refractivity contribution in [2.24, 2.45) is 0 Å². The molecule has 86 valence electrons. The summed E-state index contributed by atoms with van der Waals surface area (Å²) < 4.78 is 1.26. The minimum atomic E-state index is -0.475. The second-order valence-electron chi connectivity index (χ2n) is 3.12. The highest BCUT2D eigenvalue weighted by atomic mass is 32.1. The van der Waals surface area contributed by atoms with Crippen LogP contribution in [0.4, 0.5) is 0 Å². The summed E-state index contributed by atoms with van der Waals surface area (Å²) in [5.74, 6) is 0. The van der Waals surface area contributed by atoms with Crippen LogP contribution in [0.2, 0.25) is 0 Å². The van der Waals surface area contributed by atoms with Gasteiger partial charge in [0, 0.05) is 12.3 Å². The van der Waals surface area contributed by atoms with E-state index in [0.717, 1.165) is 5.52 Å². The van der Waals surface area contributed by atoms with Crippen LogP contribution in [-0.4, -0.2) is 15.0 Å². The van der Waals surface area contributed by atoms with Crippen molar-refractivity contribution < 1.29 is 0 Å². The van der Waals surface area contributed by atoms with Gasteiger partial charge in [-0.25, -0.2) is 9.78 Å². The molecule has 0 bridgehead atoms. The zero-order chi connectivity index (χ0) is 12.1. The zero-order valence-electron chi connectivity index (χ0n) is 8.71. The first-order valence-corrected chi connectivity index (χ1v) is 5.70. The average molecular weight is 247 g/mol. The van der Waals surface area contributed by atoms with Crippen LogP contribution in [0, 0.1) is 0 Å². The second kappa shape index (κ2) is 5.22. The number of aromatic amines is 2. The van der Waals surface area contributed by atoms with Crippen molar-refractivity contribution in [2.75, 3.05) is 0 Å². The molecule has 5 nitrogen and oxygen atoms in total. The number of benzene rings is 1. The van der Waals surface area contributed by atoms with Crippen LogP contribution in [-0.2, 0) is 0 Å². The van der Waals surface area contributed by atoms with E-state index < -0.39 is 5.69 Å². The Morgan fingerprint density at radius 2 is 1.94 bits per heavy atom. The largest absolute Gasteiger partial charge is 0.325 e. The van der Waals surface area contributed by atoms with Crippen LogP contribution in [0.1, 0.15) is 0 Å². The molecule has 0 saturated carbocycles. The van der Waals surface area contributed by atoms with Crippen molar-refractivity contribution >= 4 is 21.6 Å². The molecule has 0 radical (unpaired) electrons. The third kappa shape index (κ3) is 3.12. The Balaban J connectivity index is 0.000000128. The van der Waals surface area contributed by atoms with Gasteiger partial charge in [0.25, 0.3) is 5.56 Å². The van der Waals surface area contributed by atoms with E-state index in [1.165, 1.54) is 17.0 Å². The van der Waals surface area contributed by atoms with Gasteiger partial charge in [-0.15, -0.1) is 11.3 Å². The summed E-state index contributed by atoms with van der Waals surface area (Å²) in [6.45, 7) is 0. The number of H-pyrrole nitrogens is 2. The molecule has 2 heterocycles. The number of thiazole rings is 1. The smallest absolute Gasteiger partial charge is 0.314 e. The average Bonchev–Trinajstić information content (AvgIpc) is 2.77. The zero-order valence-corrected chi connectivity index (χ0v) is 9.53. The number of para-hydroxylation sites is 1. The first-order valence-electron chi connectivity index (χ1n) is 4.82. The number of rotatable bonds is 0. The molecule has 17 heavy (non-hydrogen) atoms. The number of aromatic nitrogens is 3. The molecule has 3 rings (SSSR count). The lowest BCUT2D eigenvalue weighted by Crippen LogP contribution is -2.19. The highest BCUT2D eigenvalue weighted by molar-refractivity contribution is 7.16. The van der Waals surface area contributed by atoms with Gasteiger partial charge in [0.05, 0.1) is 15.7 Å². The number of hydrogen-bond donors (Lipinski definition) is 2. The van der Waals surface area contributed by atoms with Crippen molar-refractivity contribution in [3.05, 3.63) is 62.9 Å². The van der Waals surface area contributed by atoms with Gasteiger partial charge in [0.15, 0.2) is 0 Å². The molecule has 0 spiro atoms. The van der Waals surface area contributed by atoms with Gasteiger partial charge in [0.1, 0.15) is 0 Å². The maximum Gasteiger partial charge on any atom is 0.325 e. The predicted molar refractivity (Wildman–Crippen MR) is 67.3 cm³/mol. The summed E-state index contributed by atoms with van der Waals surface area (Å²) in [4.78, 5) is 28.8. The maximum atomic E-state index is 10.2. The molecule has 0 atom stereocenters. The number of nitrogens with zero attached hydrogens (tertiary/aromatic N) is 1. The minimum Gasteiger partial charge on any atom is -0.314 e. The lowest BCUT2D eigenvalue weighted by Gasteiger charge is -1.80. The Morgan fingerprint density at radius 3 is 2.59 bits per heavy atom. The van der Waals surface area contributed by atoms with E-state index in [1.54, 1.807) is 11.3 Å². The van der Waals surface area contributed by atoms with Crippen LogP contribution in [0.25, 0.3) is 10.2 Å². The van der Waals surface area contributed by atoms with Crippen molar-refractivity contribution in [1.82, 2.24) is 15.0 Å². The fourth-order valence-corrected chi connectivity index (χ4v) is 1.86. The summed E-state index contributed by atoms with van der Waals surface area (Å²) in [6.07, 6.45) is 1.29. The molecular weight excluding hydrogens is 238 g/mol. The number of fused-ring (bicyclic) bond motifs is 1. The third-order valence-electron chi connectivity index (χ3n) is 1.92. The van der Waals surface area contributed by atoms with Crippen molar-refractivity contribution in [3.63, 3.8) is 0 Å². The van der Waals surface area contributed by atoms with Crippen molar-refractivity contribution in [2.45, 2.75) is 0 Å². The molecule has 0 amide bonds. The molecule has 0 aliphatic heterocycles. The normalized spacial score (nSPS) is 9.65. The molecule has 0 saturated heterocycles. The quantitative estimate of drug-likeness (QED) is 0.629. The highest BCUT2D eigenvalue weighted by Crippen LogP contribution is 2.15. The van der Waals surface area contributed by atoms with Gasteiger partial charge in [0.2, 0.25) is 0 Å². The van der Waals surface area contributed by atoms with Crippen LogP contribution in [0.15, 0.2) is 51.6 Å². The van der Waals surface area contributed by atoms with Crippen LogP contribution in [0.5, 0.6) is 0 Å². The van der Waals surface area contributed by atoms with Crippen molar-refractivity contribution in [1.29, 1.82) is 0 Å². The molecular formula is C11H9N3O2S. The van der Waals surface area contributed by atoms with Gasteiger partial charge in [-0.2, -0.15) is 0 Å². The Hall–Kier alpha value is -2.21. The lowest BCUT2D eigenvalue weighted by molar-refractivity contribution is 1.04. The van der Waals surface area contributed by atoms with Gasteiger partial charge >= 0.3 is 5.69 Å². The summed E-state index contributed by atoms with van der Waals surface area (Å²) in [6, 6.07) is 9.36. The molecule has 2 aromatic heterocycles. The van der Waals surface area contributed by atoms with E-state index in [4.69, 9.17) is 0 Å². The van der Waals surface area contributed by atoms with E-state index in [0.29, 0.717) is 0 Å². The molecule has 3 aromatic rings. The molecule has 1 aromatic carbocycles. The lowest BCUT2D eigenvalue weighted by atomic mass is 10.3. The van der Waals surface area contributed by atoms with E-state index in [2.05, 4.69) is 16.0 Å². The van der Waals surface area contributed by atoms with Gasteiger partial charge in [-0.3, -0.25) is 9.78 Å². The third-order valence-corrected chi connectivity index (χ3v) is 2.73. The number of hydrogen-bond acceptors (Lipinski definition) is 4. The SMILES string of the molecule is O=c1cc[nH]c(=O)[nH]1.c1ccc2scnc2c1. The van der Waals surface area contributed by atoms with E-state index in [1.807, 2.05) is 28.7 Å². The minimum absolute atomic E-state index is 0.381. The monoisotopic (exact) mass is 247 g/mol. The Morgan fingerprint density at radius 1 is 1.12 bits per heavy atom. The maximum absolute atomic E-state index is 10.2. The van der Waals surface area contributed by atoms with Gasteiger partial charge < -0.3 is 4.98 Å². The molecule has 2 N–H and O–H groups in total. The Kier molecular flexibility index (Phi) is 3.46. The standard InChI is InChI=1S/C7H5NS.C4H4N2O2/c1-2-4-7-6(3-1)8-5-9-7;7-3-1-2-5-4(8)6-3/h1-5H;1-2H,(H2,5,6,7,8). The van der Waals surface area contributed by atoms with Gasteiger partial charge in [-0.1, -0.05) is 12.1 Å². The van der Waals surface area contributed by atoms with E-state index >= 15 is 0 Å². The summed E-state index contributed by atoms with van der Waals surface area (Å²) in [7, 11) is 0. The fraction of sp³-hybridized carbons (Fsp3) is 0. The molecule has 0 aliphatic carbocycles. The van der Waals surface area contributed by atoms with Crippen molar-refractivity contribution in [3.8, 4) is 0 Å². The summed E-state index contributed by atoms with van der Waals surface area (Å²) in [5, 5.41) is 0. The molecule has 0 aliphatic rings. The highest BCUT2D eigenvalue weighted by Gasteiger charge is 1.89. The first kappa shape index (κ1) is 11.3. The molecule has 0 fully saturated rings. The van der Waals surface area contributed by atoms with Gasteiger partial charge in [-0.05, 0) is 12.1 Å². The fourth-order valence-electron chi connectivity index (χ4n) is 1.19. The van der Waals surface area contributed by atoms with E-state index in [-0.39, 0.29) is 5.56 Å². The molecule has 0 unspecified atom stereocenters. The number of nitrogens with one attached hydrogen (secondary N) is 2. The summed E-state index contributed by atoms with van der Waals surface area (Å²) in [5.41, 5.74) is 2.11. The van der Waals surface area contributed by atoms with Crippen LogP contribution < -0.4 is 11.2 Å². The second-order valence-corrected chi connectivity index (χ2v) is 4.00. The topological polar surface area (TPSA) is 78.6 Å². The summed E-state index contributed by atoms with van der Waals surface area (Å²) >= 11 is 1.68. The predicted octanol–water partition coefficient (Wildman–Crippen LogP) is 1.36. The first-order chi connectivity index (χ1) is 8.25. The van der Waals surface area contributed by atoms with Crippen LogP contribution in [0.3, 0.4) is 0 Å². The molecule has 6 heteroatoms.